The maximum atomic E-state index is 9.75. The fraction of sp³-hybridized carbons (Fsp3) is 0.857. The van der Waals surface area contributed by atoms with Crippen molar-refractivity contribution < 1.29 is 61.7 Å². The van der Waals surface area contributed by atoms with E-state index >= 15 is 0 Å². The zero-order valence-corrected chi connectivity index (χ0v) is 12.9. The maximum absolute atomic E-state index is 9.75. The standard InChI is InChI=1S/C4H10.C3H6O2.3BF4.K.H/c1-4(2)3;1-2-3(4)5;3*2-1(3,4)5;;/h4H,1-3H3;2H2,1H3,(H,4,5);;;;;/q;;3*-1;;. The van der Waals surface area contributed by atoms with Crippen molar-refractivity contribution in [1.82, 2.24) is 0 Å². The van der Waals surface area contributed by atoms with Gasteiger partial charge in [-0.2, -0.15) is 0 Å². The summed E-state index contributed by atoms with van der Waals surface area (Å²) >= 11 is 0. The molecule has 154 valence electrons. The summed E-state index contributed by atoms with van der Waals surface area (Å²) in [5.74, 6) is 0.0880. The molecule has 0 aliphatic rings. The topological polar surface area (TPSA) is 37.3 Å². The minimum absolute atomic E-state index is 0. The molecular weight excluding hydrogens is 416 g/mol. The monoisotopic (exact) mass is 433 g/mol. The van der Waals surface area contributed by atoms with Crippen LogP contribution in [-0.2, 0) is 4.79 Å². The number of aliphatic carboxylic acids is 1. The van der Waals surface area contributed by atoms with Gasteiger partial charge in [0, 0.05) is 6.42 Å². The van der Waals surface area contributed by atoms with Gasteiger partial charge in [0.25, 0.3) is 0 Å². The van der Waals surface area contributed by atoms with Crippen LogP contribution in [0.15, 0.2) is 0 Å². The summed E-state index contributed by atoms with van der Waals surface area (Å²) in [6, 6.07) is 0. The fourth-order valence-electron chi connectivity index (χ4n) is 0. The van der Waals surface area contributed by atoms with Crippen molar-refractivity contribution in [2.75, 3.05) is 0 Å². The van der Waals surface area contributed by atoms with Crippen LogP contribution in [0.3, 0.4) is 0 Å². The fourth-order valence-corrected chi connectivity index (χ4v) is 0. The van der Waals surface area contributed by atoms with Crippen LogP contribution in [0.25, 0.3) is 0 Å². The van der Waals surface area contributed by atoms with Gasteiger partial charge in [0.15, 0.2) is 0 Å². The second-order valence-electron chi connectivity index (χ2n) is 3.96. The van der Waals surface area contributed by atoms with Crippen LogP contribution in [0.2, 0.25) is 0 Å². The van der Waals surface area contributed by atoms with Gasteiger partial charge in [0.05, 0.1) is 0 Å². The van der Waals surface area contributed by atoms with Crippen LogP contribution in [0.1, 0.15) is 34.1 Å². The van der Waals surface area contributed by atoms with E-state index in [0.29, 0.717) is 0 Å². The van der Waals surface area contributed by atoms with Crippen molar-refractivity contribution in [2.45, 2.75) is 34.1 Å². The molecule has 0 aromatic heterocycles. The minimum atomic E-state index is -6.00. The van der Waals surface area contributed by atoms with Gasteiger partial charge in [-0.3, -0.25) is 4.79 Å². The van der Waals surface area contributed by atoms with Crippen molar-refractivity contribution in [3.8, 4) is 0 Å². The van der Waals surface area contributed by atoms with E-state index in [1.807, 2.05) is 0 Å². The molecule has 0 saturated heterocycles. The quantitative estimate of drug-likeness (QED) is 0.445. The van der Waals surface area contributed by atoms with Crippen LogP contribution in [0.4, 0.5) is 51.8 Å². The van der Waals surface area contributed by atoms with E-state index < -0.39 is 27.7 Å². The molecule has 0 unspecified atom stereocenters. The molecule has 0 aliphatic heterocycles. The number of hydrogen-bond donors (Lipinski definition) is 1. The molecule has 0 saturated carbocycles. The number of rotatable bonds is 1. The molecule has 1 N–H and O–H groups in total. The van der Waals surface area contributed by atoms with Crippen molar-refractivity contribution in [2.24, 2.45) is 5.92 Å². The van der Waals surface area contributed by atoms with Gasteiger partial charge in [-0.1, -0.05) is 27.7 Å². The zero-order chi connectivity index (χ0) is 21.4. The molecule has 0 aromatic carbocycles. The Labute approximate surface area is 179 Å². The Balaban J connectivity index is -0.0000000448. The van der Waals surface area contributed by atoms with Gasteiger partial charge >= 0.3 is 79.1 Å². The summed E-state index contributed by atoms with van der Waals surface area (Å²) in [7, 11) is -18.0. The molecular formula is C7H17B3F12KO2-3. The predicted molar refractivity (Wildman–Crippen MR) is 76.1 cm³/mol. The van der Waals surface area contributed by atoms with Crippen molar-refractivity contribution in [3.63, 3.8) is 0 Å². The Morgan fingerprint density at radius 2 is 0.760 bits per heavy atom. The molecule has 18 heteroatoms. The molecule has 0 aromatic rings. The summed E-state index contributed by atoms with van der Waals surface area (Å²) in [5.41, 5.74) is 0. The molecule has 0 radical (unpaired) electrons. The molecule has 2 nitrogen and oxygen atoms in total. The van der Waals surface area contributed by atoms with E-state index in [1.165, 1.54) is 0 Å². The molecule has 25 heavy (non-hydrogen) atoms. The molecule has 0 aliphatic carbocycles. The van der Waals surface area contributed by atoms with E-state index in [0.717, 1.165) is 5.92 Å². The normalized spacial score (nSPS) is 10.1. The molecule has 0 amide bonds. The van der Waals surface area contributed by atoms with Gasteiger partial charge in [-0.15, -0.1) is 0 Å². The molecule has 0 bridgehead atoms. The Bertz CT molecular complexity index is 232. The number of halogens is 12. The molecule has 0 spiro atoms. The third-order valence-electron chi connectivity index (χ3n) is 0.302. The first-order chi connectivity index (χ1) is 10.0. The number of hydrogen-bond acceptors (Lipinski definition) is 1. The Hall–Kier alpha value is 0.461. The van der Waals surface area contributed by atoms with Crippen LogP contribution in [0.5, 0.6) is 0 Å². The Kier molecular flexibility index (Phi) is 33.4. The summed E-state index contributed by atoms with van der Waals surface area (Å²) in [4.78, 5) is 9.37. The molecule has 0 rings (SSSR count). The number of carboxylic acid groups (broad SMARTS) is 1. The summed E-state index contributed by atoms with van der Waals surface area (Å²) in [6.07, 6.45) is 0.222. The van der Waals surface area contributed by atoms with E-state index in [4.69, 9.17) is 5.11 Å². The van der Waals surface area contributed by atoms with Crippen LogP contribution >= 0.6 is 0 Å². The average molecular weight is 433 g/mol. The van der Waals surface area contributed by atoms with Crippen molar-refractivity contribution in [3.05, 3.63) is 0 Å². The molecule has 0 atom stereocenters. The number of carbonyl (C=O) groups is 1. The van der Waals surface area contributed by atoms with E-state index in [9.17, 15) is 56.6 Å². The van der Waals surface area contributed by atoms with E-state index in [2.05, 4.69) is 20.8 Å². The predicted octanol–water partition coefficient (Wildman–Crippen LogP) is 5.39. The van der Waals surface area contributed by atoms with Gasteiger partial charge in [-0.25, -0.2) is 0 Å². The van der Waals surface area contributed by atoms with Gasteiger partial charge in [-0.05, 0) is 5.92 Å². The molecule has 0 fully saturated rings. The van der Waals surface area contributed by atoms with Crippen LogP contribution < -0.4 is 0 Å². The average Bonchev–Trinajstić information content (AvgIpc) is 2.07. The summed E-state index contributed by atoms with van der Waals surface area (Å²) in [5, 5.41) is 7.72. The van der Waals surface area contributed by atoms with Gasteiger partial charge in [0.2, 0.25) is 0 Å². The van der Waals surface area contributed by atoms with Gasteiger partial charge in [0.1, 0.15) is 0 Å². The van der Waals surface area contributed by atoms with Crippen molar-refractivity contribution >= 4 is 79.1 Å². The Morgan fingerprint density at radius 1 is 0.720 bits per heavy atom. The van der Waals surface area contributed by atoms with Gasteiger partial charge < -0.3 is 56.9 Å². The Morgan fingerprint density at radius 3 is 0.760 bits per heavy atom. The van der Waals surface area contributed by atoms with Crippen LogP contribution in [0, 0.1) is 5.92 Å². The third kappa shape index (κ3) is 2040. The van der Waals surface area contributed by atoms with Crippen LogP contribution in [-0.4, -0.2) is 84.2 Å². The first kappa shape index (κ1) is 40.2. The molecule has 0 heterocycles. The summed E-state index contributed by atoms with van der Waals surface area (Å²) < 4.78 is 117. The second-order valence-corrected chi connectivity index (χ2v) is 3.96. The number of carboxylic acids is 1. The summed E-state index contributed by atoms with van der Waals surface area (Å²) in [6.45, 7) is 8.10. The first-order valence-corrected chi connectivity index (χ1v) is 5.84. The third-order valence-corrected chi connectivity index (χ3v) is 0.302. The SMILES string of the molecule is CC(C)C.CCC(=O)O.F[B-](F)(F)F.F[B-](F)(F)F.F[B-](F)(F)F.[KH]. The van der Waals surface area contributed by atoms with E-state index in [-0.39, 0.29) is 57.8 Å². The van der Waals surface area contributed by atoms with Crippen molar-refractivity contribution in [1.29, 1.82) is 0 Å². The second kappa shape index (κ2) is 20.8. The first-order valence-electron chi connectivity index (χ1n) is 5.84. The van der Waals surface area contributed by atoms with E-state index in [1.54, 1.807) is 6.92 Å². The zero-order valence-electron chi connectivity index (χ0n) is 12.9.